The molecule has 0 fully saturated rings. The van der Waals surface area contributed by atoms with E-state index in [4.69, 9.17) is 0 Å². The third-order valence-corrected chi connectivity index (χ3v) is 4.81. The molecule has 0 saturated carbocycles. The Morgan fingerprint density at radius 1 is 0.870 bits per heavy atom. The van der Waals surface area contributed by atoms with Gasteiger partial charge in [0, 0.05) is 36.2 Å². The molecule has 0 radical (unpaired) electrons. The highest BCUT2D eigenvalue weighted by atomic mass is 14.8. The van der Waals surface area contributed by atoms with Crippen LogP contribution in [0.3, 0.4) is 0 Å². The number of H-pyrrole nitrogens is 2. The molecule has 3 rings (SSSR count). The first-order chi connectivity index (χ1) is 11.2. The van der Waals surface area contributed by atoms with Crippen LogP contribution in [-0.2, 0) is 12.8 Å². The fraction of sp³-hybridized carbons (Fsp3) is 0.350. The van der Waals surface area contributed by atoms with Gasteiger partial charge in [0.2, 0.25) is 0 Å². The Morgan fingerprint density at radius 3 is 1.78 bits per heavy atom. The van der Waals surface area contributed by atoms with Crippen molar-refractivity contribution in [2.45, 2.75) is 46.5 Å². The molecule has 0 aliphatic rings. The Balaban J connectivity index is 2.22. The molecule has 3 aromatic rings. The van der Waals surface area contributed by atoms with Crippen LogP contribution in [0.25, 0.3) is 0 Å². The molecule has 0 atom stereocenters. The van der Waals surface area contributed by atoms with Crippen LogP contribution in [0.5, 0.6) is 0 Å². The molecular formula is C20H25N3. The lowest BCUT2D eigenvalue weighted by Crippen LogP contribution is -2.09. The number of hydrogen-bond donors (Lipinski definition) is 2. The second-order valence-electron chi connectivity index (χ2n) is 6.15. The number of hydrogen-bond acceptors (Lipinski definition) is 1. The van der Waals surface area contributed by atoms with Gasteiger partial charge < -0.3 is 9.97 Å². The van der Waals surface area contributed by atoms with Crippen molar-refractivity contribution in [2.75, 3.05) is 0 Å². The predicted molar refractivity (Wildman–Crippen MR) is 95.0 cm³/mol. The first-order valence-electron chi connectivity index (χ1n) is 8.40. The average Bonchev–Trinajstić information content (AvgIpc) is 3.12. The van der Waals surface area contributed by atoms with E-state index in [-0.39, 0.29) is 5.92 Å². The lowest BCUT2D eigenvalue weighted by molar-refractivity contribution is 0.852. The largest absolute Gasteiger partial charge is 0.364 e. The fourth-order valence-electron chi connectivity index (χ4n) is 3.63. The third-order valence-electron chi connectivity index (χ3n) is 4.81. The highest BCUT2D eigenvalue weighted by Crippen LogP contribution is 2.36. The maximum Gasteiger partial charge on any atom is 0.0648 e. The van der Waals surface area contributed by atoms with Crippen LogP contribution in [0, 0.1) is 13.8 Å². The SMILES string of the molecule is CCc1c(C)c[nH]c1C(c1ccncc1)c1[nH]cc(C)c1CC. The Kier molecular flexibility index (Phi) is 4.37. The van der Waals surface area contributed by atoms with Crippen molar-refractivity contribution >= 4 is 0 Å². The van der Waals surface area contributed by atoms with Gasteiger partial charge >= 0.3 is 0 Å². The van der Waals surface area contributed by atoms with Crippen LogP contribution in [-0.4, -0.2) is 15.0 Å². The zero-order valence-electron chi connectivity index (χ0n) is 14.4. The molecule has 0 aliphatic heterocycles. The standard InChI is InChI=1S/C20H25N3/c1-5-16-13(3)11-22-19(16)18(15-7-9-21-10-8-15)20-17(6-2)14(4)12-23-20/h7-12,18,22-23H,5-6H2,1-4H3. The highest BCUT2D eigenvalue weighted by molar-refractivity contribution is 5.47. The smallest absolute Gasteiger partial charge is 0.0648 e. The molecule has 3 aromatic heterocycles. The lowest BCUT2D eigenvalue weighted by Gasteiger charge is -2.19. The van der Waals surface area contributed by atoms with Gasteiger partial charge in [-0.05, 0) is 66.6 Å². The minimum absolute atomic E-state index is 0.199. The van der Waals surface area contributed by atoms with Crippen LogP contribution in [0.15, 0.2) is 36.9 Å². The van der Waals surface area contributed by atoms with Crippen molar-refractivity contribution in [2.24, 2.45) is 0 Å². The lowest BCUT2D eigenvalue weighted by atomic mass is 9.87. The summed E-state index contributed by atoms with van der Waals surface area (Å²) >= 11 is 0. The van der Waals surface area contributed by atoms with Gasteiger partial charge in [0.05, 0.1) is 5.92 Å². The molecule has 0 aliphatic carbocycles. The normalized spacial score (nSPS) is 11.3. The summed E-state index contributed by atoms with van der Waals surface area (Å²) in [6.45, 7) is 8.82. The molecule has 0 unspecified atom stereocenters. The number of pyridine rings is 1. The summed E-state index contributed by atoms with van der Waals surface area (Å²) in [6.07, 6.45) is 10.1. The average molecular weight is 307 g/mol. The molecule has 0 saturated heterocycles. The summed E-state index contributed by atoms with van der Waals surface area (Å²) < 4.78 is 0. The van der Waals surface area contributed by atoms with Gasteiger partial charge in [-0.1, -0.05) is 13.8 Å². The molecule has 2 N–H and O–H groups in total. The predicted octanol–water partition coefficient (Wildman–Crippen LogP) is 4.66. The quantitative estimate of drug-likeness (QED) is 0.707. The van der Waals surface area contributed by atoms with Crippen LogP contribution in [0.1, 0.15) is 59.0 Å². The Hall–Kier alpha value is -2.29. The van der Waals surface area contributed by atoms with Crippen molar-refractivity contribution in [3.63, 3.8) is 0 Å². The molecule has 0 spiro atoms. The van der Waals surface area contributed by atoms with Crippen molar-refractivity contribution in [1.29, 1.82) is 0 Å². The fourth-order valence-corrected chi connectivity index (χ4v) is 3.63. The van der Waals surface area contributed by atoms with Crippen LogP contribution < -0.4 is 0 Å². The van der Waals surface area contributed by atoms with Crippen molar-refractivity contribution < 1.29 is 0 Å². The number of rotatable bonds is 5. The van der Waals surface area contributed by atoms with Crippen LogP contribution >= 0.6 is 0 Å². The van der Waals surface area contributed by atoms with E-state index in [2.05, 4.69) is 67.2 Å². The van der Waals surface area contributed by atoms with Gasteiger partial charge in [0.1, 0.15) is 0 Å². The summed E-state index contributed by atoms with van der Waals surface area (Å²) in [6, 6.07) is 4.24. The number of nitrogens with one attached hydrogen (secondary N) is 2. The maximum atomic E-state index is 4.19. The van der Waals surface area contributed by atoms with Gasteiger partial charge in [-0.2, -0.15) is 0 Å². The minimum Gasteiger partial charge on any atom is -0.364 e. The summed E-state index contributed by atoms with van der Waals surface area (Å²) in [5, 5.41) is 0. The molecule has 0 bridgehead atoms. The summed E-state index contributed by atoms with van der Waals surface area (Å²) in [4.78, 5) is 11.3. The van der Waals surface area contributed by atoms with Gasteiger partial charge in [-0.25, -0.2) is 0 Å². The van der Waals surface area contributed by atoms with Crippen molar-refractivity contribution in [3.05, 3.63) is 76.1 Å². The Labute approximate surface area is 138 Å². The van der Waals surface area contributed by atoms with E-state index < -0.39 is 0 Å². The first kappa shape index (κ1) is 15.6. The van der Waals surface area contributed by atoms with Gasteiger partial charge in [0.15, 0.2) is 0 Å². The van der Waals surface area contributed by atoms with Crippen LogP contribution in [0.2, 0.25) is 0 Å². The van der Waals surface area contributed by atoms with E-state index in [0.29, 0.717) is 0 Å². The van der Waals surface area contributed by atoms with E-state index in [0.717, 1.165) is 12.8 Å². The zero-order chi connectivity index (χ0) is 16.4. The molecule has 0 amide bonds. The minimum atomic E-state index is 0.199. The third kappa shape index (κ3) is 2.72. The van der Waals surface area contributed by atoms with E-state index in [9.17, 15) is 0 Å². The molecular weight excluding hydrogens is 282 g/mol. The number of aromatic nitrogens is 3. The highest BCUT2D eigenvalue weighted by Gasteiger charge is 2.25. The Bertz CT molecular complexity index is 732. The van der Waals surface area contributed by atoms with E-state index in [1.807, 2.05) is 12.4 Å². The molecule has 120 valence electrons. The molecule has 0 aromatic carbocycles. The second kappa shape index (κ2) is 6.45. The maximum absolute atomic E-state index is 4.19. The van der Waals surface area contributed by atoms with Gasteiger partial charge in [-0.15, -0.1) is 0 Å². The topological polar surface area (TPSA) is 44.5 Å². The van der Waals surface area contributed by atoms with E-state index in [1.165, 1.54) is 39.2 Å². The second-order valence-corrected chi connectivity index (χ2v) is 6.15. The first-order valence-corrected chi connectivity index (χ1v) is 8.40. The molecule has 23 heavy (non-hydrogen) atoms. The molecule has 3 heterocycles. The monoisotopic (exact) mass is 307 g/mol. The van der Waals surface area contributed by atoms with Gasteiger partial charge in [-0.3, -0.25) is 4.98 Å². The summed E-state index contributed by atoms with van der Waals surface area (Å²) in [5.41, 5.74) is 9.38. The van der Waals surface area contributed by atoms with Crippen molar-refractivity contribution in [3.8, 4) is 0 Å². The van der Waals surface area contributed by atoms with E-state index >= 15 is 0 Å². The summed E-state index contributed by atoms with van der Waals surface area (Å²) in [5.74, 6) is 0.199. The summed E-state index contributed by atoms with van der Waals surface area (Å²) in [7, 11) is 0. The molecule has 3 heteroatoms. The van der Waals surface area contributed by atoms with Crippen LogP contribution in [0.4, 0.5) is 0 Å². The molecule has 3 nitrogen and oxygen atoms in total. The Morgan fingerprint density at radius 2 is 1.35 bits per heavy atom. The number of aryl methyl sites for hydroxylation is 2. The van der Waals surface area contributed by atoms with Crippen molar-refractivity contribution in [1.82, 2.24) is 15.0 Å². The number of aromatic amines is 2. The number of nitrogens with zero attached hydrogens (tertiary/aromatic N) is 1. The van der Waals surface area contributed by atoms with E-state index in [1.54, 1.807) is 0 Å². The van der Waals surface area contributed by atoms with Gasteiger partial charge in [0.25, 0.3) is 0 Å². The zero-order valence-corrected chi connectivity index (χ0v) is 14.4.